The SMILES string of the molecule is CN(CC(=O)NCCc1ccccc1F)CC(=O)Nc1ccc(Cl)c(Cl)c1. The maximum atomic E-state index is 13.5. The molecule has 2 rings (SSSR count). The monoisotopic (exact) mass is 411 g/mol. The van der Waals surface area contributed by atoms with Crippen molar-refractivity contribution in [3.8, 4) is 0 Å². The number of carbonyl (C=O) groups excluding carboxylic acids is 2. The van der Waals surface area contributed by atoms with Crippen LogP contribution in [-0.4, -0.2) is 43.4 Å². The van der Waals surface area contributed by atoms with E-state index in [2.05, 4.69) is 10.6 Å². The molecule has 0 saturated carbocycles. The molecule has 0 atom stereocenters. The van der Waals surface area contributed by atoms with E-state index in [1.165, 1.54) is 6.07 Å². The van der Waals surface area contributed by atoms with Gasteiger partial charge in [0, 0.05) is 12.2 Å². The molecular formula is C19H20Cl2FN3O2. The zero-order valence-electron chi connectivity index (χ0n) is 14.8. The van der Waals surface area contributed by atoms with E-state index in [1.54, 1.807) is 48.3 Å². The van der Waals surface area contributed by atoms with Gasteiger partial charge < -0.3 is 10.6 Å². The van der Waals surface area contributed by atoms with Crippen LogP contribution in [0.3, 0.4) is 0 Å². The number of rotatable bonds is 8. The van der Waals surface area contributed by atoms with Crippen LogP contribution in [0.5, 0.6) is 0 Å². The van der Waals surface area contributed by atoms with E-state index in [1.807, 2.05) is 0 Å². The van der Waals surface area contributed by atoms with Gasteiger partial charge >= 0.3 is 0 Å². The van der Waals surface area contributed by atoms with Crippen LogP contribution in [0, 0.1) is 5.82 Å². The first-order valence-corrected chi connectivity index (χ1v) is 9.04. The van der Waals surface area contributed by atoms with Crippen molar-refractivity contribution >= 4 is 40.7 Å². The van der Waals surface area contributed by atoms with E-state index in [-0.39, 0.29) is 30.7 Å². The lowest BCUT2D eigenvalue weighted by Crippen LogP contribution is -2.39. The topological polar surface area (TPSA) is 61.4 Å². The number of hydrogen-bond donors (Lipinski definition) is 2. The third-order valence-electron chi connectivity index (χ3n) is 3.70. The molecule has 0 unspecified atom stereocenters. The molecule has 0 aliphatic rings. The number of halogens is 3. The normalized spacial score (nSPS) is 10.7. The minimum absolute atomic E-state index is 0.0287. The van der Waals surface area contributed by atoms with E-state index < -0.39 is 0 Å². The van der Waals surface area contributed by atoms with E-state index >= 15 is 0 Å². The summed E-state index contributed by atoms with van der Waals surface area (Å²) < 4.78 is 13.5. The predicted octanol–water partition coefficient (Wildman–Crippen LogP) is 3.36. The van der Waals surface area contributed by atoms with Gasteiger partial charge in [-0.25, -0.2) is 4.39 Å². The lowest BCUT2D eigenvalue weighted by atomic mass is 10.1. The number of hydrogen-bond acceptors (Lipinski definition) is 3. The van der Waals surface area contributed by atoms with Gasteiger partial charge in [0.05, 0.1) is 23.1 Å². The fourth-order valence-corrected chi connectivity index (χ4v) is 2.71. The molecule has 2 aromatic rings. The summed E-state index contributed by atoms with van der Waals surface area (Å²) in [4.78, 5) is 25.5. The van der Waals surface area contributed by atoms with Crippen molar-refractivity contribution in [2.24, 2.45) is 0 Å². The Kier molecular flexibility index (Phi) is 8.03. The molecule has 2 amide bonds. The first-order valence-electron chi connectivity index (χ1n) is 8.28. The van der Waals surface area contributed by atoms with Crippen LogP contribution in [0.4, 0.5) is 10.1 Å². The summed E-state index contributed by atoms with van der Waals surface area (Å²) >= 11 is 11.7. The van der Waals surface area contributed by atoms with E-state index in [4.69, 9.17) is 23.2 Å². The predicted molar refractivity (Wildman–Crippen MR) is 106 cm³/mol. The second-order valence-electron chi connectivity index (χ2n) is 6.04. The van der Waals surface area contributed by atoms with Crippen molar-refractivity contribution < 1.29 is 14.0 Å². The molecule has 144 valence electrons. The van der Waals surface area contributed by atoms with Crippen molar-refractivity contribution in [1.29, 1.82) is 0 Å². The van der Waals surface area contributed by atoms with Gasteiger partial charge in [0.25, 0.3) is 0 Å². The van der Waals surface area contributed by atoms with Gasteiger partial charge in [0.1, 0.15) is 5.82 Å². The number of amides is 2. The van der Waals surface area contributed by atoms with Crippen LogP contribution < -0.4 is 10.6 Å². The number of likely N-dealkylation sites (N-methyl/N-ethyl adjacent to an activating group) is 1. The van der Waals surface area contributed by atoms with Gasteiger partial charge in [-0.2, -0.15) is 0 Å². The Hall–Kier alpha value is -2.15. The largest absolute Gasteiger partial charge is 0.355 e. The number of nitrogens with zero attached hydrogens (tertiary/aromatic N) is 1. The molecule has 0 aliphatic carbocycles. The highest BCUT2D eigenvalue weighted by molar-refractivity contribution is 6.42. The summed E-state index contributed by atoms with van der Waals surface area (Å²) in [5.74, 6) is -0.811. The maximum Gasteiger partial charge on any atom is 0.238 e. The van der Waals surface area contributed by atoms with Crippen LogP contribution in [0.2, 0.25) is 10.0 Å². The van der Waals surface area contributed by atoms with Gasteiger partial charge in [-0.3, -0.25) is 14.5 Å². The second-order valence-corrected chi connectivity index (χ2v) is 6.86. The summed E-state index contributed by atoms with van der Waals surface area (Å²) in [6, 6.07) is 11.2. The molecular weight excluding hydrogens is 392 g/mol. The molecule has 2 N–H and O–H groups in total. The molecule has 2 aromatic carbocycles. The molecule has 0 bridgehead atoms. The van der Waals surface area contributed by atoms with Crippen molar-refractivity contribution in [3.63, 3.8) is 0 Å². The summed E-state index contributed by atoms with van der Waals surface area (Å²) in [6.45, 7) is 0.399. The fourth-order valence-electron chi connectivity index (χ4n) is 2.41. The molecule has 0 fully saturated rings. The Balaban J connectivity index is 1.71. The van der Waals surface area contributed by atoms with E-state index in [0.717, 1.165) is 0 Å². The van der Waals surface area contributed by atoms with Gasteiger partial charge in [0.15, 0.2) is 0 Å². The molecule has 8 heteroatoms. The number of nitrogens with one attached hydrogen (secondary N) is 2. The Labute approximate surface area is 167 Å². The third-order valence-corrected chi connectivity index (χ3v) is 4.44. The minimum Gasteiger partial charge on any atom is -0.355 e. The average molecular weight is 412 g/mol. The standard InChI is InChI=1S/C19H20Cl2FN3O2/c1-25(12-19(27)24-14-6-7-15(20)16(21)10-14)11-18(26)23-9-8-13-4-2-3-5-17(13)22/h2-7,10H,8-9,11-12H2,1H3,(H,23,26)(H,24,27). The molecule has 0 heterocycles. The summed E-state index contributed by atoms with van der Waals surface area (Å²) in [5, 5.41) is 6.15. The van der Waals surface area contributed by atoms with Crippen LogP contribution >= 0.6 is 23.2 Å². The Morgan fingerprint density at radius 2 is 1.74 bits per heavy atom. The molecule has 0 aliphatic heterocycles. The molecule has 27 heavy (non-hydrogen) atoms. The summed E-state index contributed by atoms with van der Waals surface area (Å²) in [5.41, 5.74) is 1.07. The highest BCUT2D eigenvalue weighted by atomic mass is 35.5. The van der Waals surface area contributed by atoms with Gasteiger partial charge in [0.2, 0.25) is 11.8 Å². The van der Waals surface area contributed by atoms with Crippen molar-refractivity contribution in [2.45, 2.75) is 6.42 Å². The highest BCUT2D eigenvalue weighted by Crippen LogP contribution is 2.24. The van der Waals surface area contributed by atoms with Crippen molar-refractivity contribution in [2.75, 3.05) is 32.0 Å². The summed E-state index contributed by atoms with van der Waals surface area (Å²) in [6.07, 6.45) is 0.403. The zero-order valence-corrected chi connectivity index (χ0v) is 16.3. The number of benzene rings is 2. The fraction of sp³-hybridized carbons (Fsp3) is 0.263. The molecule has 0 spiro atoms. The first-order chi connectivity index (χ1) is 12.8. The first kappa shape index (κ1) is 21.2. The Morgan fingerprint density at radius 1 is 1.04 bits per heavy atom. The molecule has 0 radical (unpaired) electrons. The van der Waals surface area contributed by atoms with E-state index in [9.17, 15) is 14.0 Å². The zero-order chi connectivity index (χ0) is 19.8. The Morgan fingerprint density at radius 3 is 2.44 bits per heavy atom. The van der Waals surface area contributed by atoms with E-state index in [0.29, 0.717) is 34.3 Å². The lowest BCUT2D eigenvalue weighted by Gasteiger charge is -2.16. The van der Waals surface area contributed by atoms with Crippen molar-refractivity contribution in [1.82, 2.24) is 10.2 Å². The lowest BCUT2D eigenvalue weighted by molar-refractivity contribution is -0.122. The van der Waals surface area contributed by atoms with Crippen LogP contribution in [0.25, 0.3) is 0 Å². The number of anilines is 1. The summed E-state index contributed by atoms with van der Waals surface area (Å²) in [7, 11) is 1.66. The molecule has 5 nitrogen and oxygen atoms in total. The van der Waals surface area contributed by atoms with Crippen LogP contribution in [0.15, 0.2) is 42.5 Å². The van der Waals surface area contributed by atoms with Crippen molar-refractivity contribution in [3.05, 3.63) is 63.9 Å². The Bertz CT molecular complexity index is 817. The number of carbonyl (C=O) groups is 2. The highest BCUT2D eigenvalue weighted by Gasteiger charge is 2.11. The van der Waals surface area contributed by atoms with Gasteiger partial charge in [-0.15, -0.1) is 0 Å². The smallest absolute Gasteiger partial charge is 0.238 e. The van der Waals surface area contributed by atoms with Crippen LogP contribution in [0.1, 0.15) is 5.56 Å². The maximum absolute atomic E-state index is 13.5. The van der Waals surface area contributed by atoms with Crippen LogP contribution in [-0.2, 0) is 16.0 Å². The third kappa shape index (κ3) is 7.17. The van der Waals surface area contributed by atoms with Gasteiger partial charge in [-0.05, 0) is 43.3 Å². The molecule has 0 aromatic heterocycles. The second kappa shape index (κ2) is 10.3. The average Bonchev–Trinajstić information content (AvgIpc) is 2.59. The molecule has 0 saturated heterocycles. The van der Waals surface area contributed by atoms with Gasteiger partial charge in [-0.1, -0.05) is 41.4 Å². The minimum atomic E-state index is -0.289. The quantitative estimate of drug-likeness (QED) is 0.699.